The second-order valence-corrected chi connectivity index (χ2v) is 4.47. The monoisotopic (exact) mass is 252 g/mol. The van der Waals surface area contributed by atoms with Crippen molar-refractivity contribution in [3.8, 4) is 0 Å². The quantitative estimate of drug-likeness (QED) is 0.620. The number of anilines is 1. The number of hydrogen-bond acceptors (Lipinski definition) is 4. The minimum Gasteiger partial charge on any atom is -0.478 e. The molecule has 6 nitrogen and oxygen atoms in total. The van der Waals surface area contributed by atoms with Crippen LogP contribution in [-0.2, 0) is 0 Å². The van der Waals surface area contributed by atoms with E-state index < -0.39 is 10.9 Å². The fourth-order valence-electron chi connectivity index (χ4n) is 1.36. The standard InChI is InChI=1S/C12H16N2O4/c1-7(2)8(3)13-11-5-4-9(14(17)18)6-10(11)12(15)16/h4-8,13H,1-3H3,(H,15,16). The second kappa shape index (κ2) is 5.48. The molecule has 6 heteroatoms. The van der Waals surface area contributed by atoms with Gasteiger partial charge in [0.05, 0.1) is 10.5 Å². The smallest absolute Gasteiger partial charge is 0.338 e. The number of nitrogens with one attached hydrogen (secondary N) is 1. The van der Waals surface area contributed by atoms with Gasteiger partial charge in [-0.1, -0.05) is 13.8 Å². The molecule has 0 aliphatic heterocycles. The van der Waals surface area contributed by atoms with E-state index in [1.165, 1.54) is 12.1 Å². The van der Waals surface area contributed by atoms with Crippen LogP contribution in [0, 0.1) is 16.0 Å². The SMILES string of the molecule is CC(C)C(C)Nc1ccc([N+](=O)[O-])cc1C(=O)O. The highest BCUT2D eigenvalue weighted by molar-refractivity contribution is 5.95. The predicted molar refractivity (Wildman–Crippen MR) is 68.0 cm³/mol. The molecule has 0 saturated heterocycles. The second-order valence-electron chi connectivity index (χ2n) is 4.47. The van der Waals surface area contributed by atoms with Crippen LogP contribution >= 0.6 is 0 Å². The Morgan fingerprint density at radius 3 is 2.44 bits per heavy atom. The Balaban J connectivity index is 3.12. The molecule has 0 heterocycles. The Kier molecular flexibility index (Phi) is 4.25. The molecule has 0 aliphatic rings. The molecule has 0 radical (unpaired) electrons. The van der Waals surface area contributed by atoms with E-state index in [4.69, 9.17) is 5.11 Å². The molecule has 1 aromatic rings. The Bertz CT molecular complexity index is 471. The van der Waals surface area contributed by atoms with Crippen LogP contribution in [-0.4, -0.2) is 22.0 Å². The summed E-state index contributed by atoms with van der Waals surface area (Å²) in [7, 11) is 0. The first kappa shape index (κ1) is 14.0. The summed E-state index contributed by atoms with van der Waals surface area (Å²) in [6.07, 6.45) is 0. The van der Waals surface area contributed by atoms with E-state index in [0.29, 0.717) is 11.6 Å². The maximum atomic E-state index is 11.1. The largest absolute Gasteiger partial charge is 0.478 e. The average molecular weight is 252 g/mol. The van der Waals surface area contributed by atoms with Gasteiger partial charge in [-0.25, -0.2) is 4.79 Å². The van der Waals surface area contributed by atoms with Crippen molar-refractivity contribution < 1.29 is 14.8 Å². The molecule has 1 unspecified atom stereocenters. The molecule has 1 rings (SSSR count). The first-order valence-corrected chi connectivity index (χ1v) is 5.61. The molecule has 98 valence electrons. The molecule has 0 spiro atoms. The molecule has 0 fully saturated rings. The number of carboxylic acids is 1. The lowest BCUT2D eigenvalue weighted by atomic mass is 10.0. The fourth-order valence-corrected chi connectivity index (χ4v) is 1.36. The van der Waals surface area contributed by atoms with Crippen molar-refractivity contribution in [1.29, 1.82) is 0 Å². The number of benzene rings is 1. The number of nitro groups is 1. The van der Waals surface area contributed by atoms with Gasteiger partial charge in [-0.15, -0.1) is 0 Å². The van der Waals surface area contributed by atoms with E-state index in [-0.39, 0.29) is 17.3 Å². The van der Waals surface area contributed by atoms with Gasteiger partial charge in [-0.2, -0.15) is 0 Å². The van der Waals surface area contributed by atoms with Gasteiger partial charge in [-0.05, 0) is 18.9 Å². The van der Waals surface area contributed by atoms with Crippen molar-refractivity contribution in [3.05, 3.63) is 33.9 Å². The van der Waals surface area contributed by atoms with Gasteiger partial charge in [-0.3, -0.25) is 10.1 Å². The van der Waals surface area contributed by atoms with Gasteiger partial charge < -0.3 is 10.4 Å². The van der Waals surface area contributed by atoms with Crippen LogP contribution in [0.25, 0.3) is 0 Å². The van der Waals surface area contributed by atoms with Crippen molar-refractivity contribution in [3.63, 3.8) is 0 Å². The third kappa shape index (κ3) is 3.19. The van der Waals surface area contributed by atoms with Crippen LogP contribution in [0.4, 0.5) is 11.4 Å². The van der Waals surface area contributed by atoms with Crippen LogP contribution < -0.4 is 5.32 Å². The molecule has 18 heavy (non-hydrogen) atoms. The maximum absolute atomic E-state index is 11.1. The Hall–Kier alpha value is -2.11. The minimum absolute atomic E-state index is 0.0737. The molecule has 0 amide bonds. The number of non-ortho nitro benzene ring substituents is 1. The van der Waals surface area contributed by atoms with E-state index in [1.54, 1.807) is 0 Å². The summed E-state index contributed by atoms with van der Waals surface area (Å²) in [6, 6.07) is 3.87. The van der Waals surface area contributed by atoms with Crippen LogP contribution in [0.2, 0.25) is 0 Å². The fraction of sp³-hybridized carbons (Fsp3) is 0.417. The van der Waals surface area contributed by atoms with Crippen molar-refractivity contribution in [2.24, 2.45) is 5.92 Å². The molecule has 0 bridgehead atoms. The highest BCUT2D eigenvalue weighted by atomic mass is 16.6. The molecular formula is C12H16N2O4. The van der Waals surface area contributed by atoms with Crippen molar-refractivity contribution in [1.82, 2.24) is 0 Å². The van der Waals surface area contributed by atoms with Gasteiger partial charge in [0.2, 0.25) is 0 Å². The number of rotatable bonds is 5. The highest BCUT2D eigenvalue weighted by Gasteiger charge is 2.17. The van der Waals surface area contributed by atoms with Gasteiger partial charge in [0.1, 0.15) is 0 Å². The molecule has 1 aromatic carbocycles. The number of nitro benzene ring substituents is 1. The van der Waals surface area contributed by atoms with Crippen LogP contribution in [0.3, 0.4) is 0 Å². The zero-order valence-corrected chi connectivity index (χ0v) is 10.5. The number of hydrogen-bond donors (Lipinski definition) is 2. The van der Waals surface area contributed by atoms with E-state index in [0.717, 1.165) is 6.07 Å². The van der Waals surface area contributed by atoms with Crippen LogP contribution in [0.15, 0.2) is 18.2 Å². The Morgan fingerprint density at radius 2 is 2.00 bits per heavy atom. The van der Waals surface area contributed by atoms with Crippen molar-refractivity contribution in [2.75, 3.05) is 5.32 Å². The third-order valence-corrected chi connectivity index (χ3v) is 2.83. The predicted octanol–water partition coefficient (Wildman–Crippen LogP) is 2.75. The minimum atomic E-state index is -1.18. The molecule has 0 saturated carbocycles. The van der Waals surface area contributed by atoms with Gasteiger partial charge in [0, 0.05) is 23.9 Å². The normalized spacial score (nSPS) is 12.2. The van der Waals surface area contributed by atoms with Crippen molar-refractivity contribution in [2.45, 2.75) is 26.8 Å². The molecule has 2 N–H and O–H groups in total. The zero-order valence-electron chi connectivity index (χ0n) is 10.5. The lowest BCUT2D eigenvalue weighted by molar-refractivity contribution is -0.384. The average Bonchev–Trinajstić information content (AvgIpc) is 2.28. The summed E-state index contributed by atoms with van der Waals surface area (Å²) in [5.74, 6) is -0.862. The first-order valence-electron chi connectivity index (χ1n) is 5.61. The first-order chi connectivity index (χ1) is 8.32. The van der Waals surface area contributed by atoms with Crippen molar-refractivity contribution >= 4 is 17.3 Å². The molecule has 1 atom stereocenters. The van der Waals surface area contributed by atoms with Crippen LogP contribution in [0.1, 0.15) is 31.1 Å². The summed E-state index contributed by atoms with van der Waals surface area (Å²) < 4.78 is 0. The molecular weight excluding hydrogens is 236 g/mol. The Labute approximate surface area is 105 Å². The lowest BCUT2D eigenvalue weighted by Crippen LogP contribution is -2.22. The molecule has 0 aromatic heterocycles. The highest BCUT2D eigenvalue weighted by Crippen LogP contribution is 2.23. The zero-order chi connectivity index (χ0) is 13.9. The summed E-state index contributed by atoms with van der Waals surface area (Å²) in [6.45, 7) is 5.94. The van der Waals surface area contributed by atoms with E-state index in [9.17, 15) is 14.9 Å². The summed E-state index contributed by atoms with van der Waals surface area (Å²) in [4.78, 5) is 21.1. The van der Waals surface area contributed by atoms with E-state index in [1.807, 2.05) is 20.8 Å². The van der Waals surface area contributed by atoms with E-state index in [2.05, 4.69) is 5.32 Å². The van der Waals surface area contributed by atoms with Crippen LogP contribution in [0.5, 0.6) is 0 Å². The van der Waals surface area contributed by atoms with Gasteiger partial charge in [0.25, 0.3) is 5.69 Å². The summed E-state index contributed by atoms with van der Waals surface area (Å²) in [5, 5.41) is 22.7. The van der Waals surface area contributed by atoms with Gasteiger partial charge >= 0.3 is 5.97 Å². The topological polar surface area (TPSA) is 92.5 Å². The number of carbonyl (C=O) groups is 1. The summed E-state index contributed by atoms with van der Waals surface area (Å²) in [5.41, 5.74) is 0.0844. The number of aromatic carboxylic acids is 1. The Morgan fingerprint density at radius 1 is 1.39 bits per heavy atom. The summed E-state index contributed by atoms with van der Waals surface area (Å²) >= 11 is 0. The number of carboxylic acid groups (broad SMARTS) is 1. The van der Waals surface area contributed by atoms with Gasteiger partial charge in [0.15, 0.2) is 0 Å². The van der Waals surface area contributed by atoms with E-state index >= 15 is 0 Å². The number of nitrogens with zero attached hydrogens (tertiary/aromatic N) is 1. The molecule has 0 aliphatic carbocycles. The third-order valence-electron chi connectivity index (χ3n) is 2.83. The maximum Gasteiger partial charge on any atom is 0.338 e. The lowest BCUT2D eigenvalue weighted by Gasteiger charge is -2.19.